The van der Waals surface area contributed by atoms with Crippen LogP contribution in [0.3, 0.4) is 0 Å². The molecular formula is C30H33N5O5S. The number of hydrogen-bond donors (Lipinski definition) is 2. The highest BCUT2D eigenvalue weighted by atomic mass is 32.2. The zero-order chi connectivity index (χ0) is 30.1. The van der Waals surface area contributed by atoms with Crippen molar-refractivity contribution >= 4 is 49.7 Å². The molecule has 1 heterocycles. The molecule has 214 valence electrons. The Kier molecular flexibility index (Phi) is 8.47. The Hall–Kier alpha value is -4.27. The van der Waals surface area contributed by atoms with Crippen molar-refractivity contribution in [3.63, 3.8) is 0 Å². The van der Waals surface area contributed by atoms with Gasteiger partial charge in [-0.15, -0.1) is 0 Å². The van der Waals surface area contributed by atoms with Crippen LogP contribution in [0.4, 0.5) is 11.4 Å². The maximum atomic E-state index is 14.4. The molecule has 41 heavy (non-hydrogen) atoms. The molecular weight excluding hydrogens is 542 g/mol. The standard InChI is InChI=1S/C30H33N5O5S/c1-18-10-12-22-8-6-7-9-23(22)24(18)16-34-25-13-11-21(15-31)14-26(25)35(27(36)17-41(5,39)40)20(3)28(30(34)38)33-29(37)19(2)32-4/h6-14,19-20,28,32H,16-17H2,1-5H3,(H,33,37). The van der Waals surface area contributed by atoms with Crippen LogP contribution in [-0.4, -0.2) is 63.3 Å². The summed E-state index contributed by atoms with van der Waals surface area (Å²) in [4.78, 5) is 43.7. The molecule has 3 aromatic rings. The van der Waals surface area contributed by atoms with Gasteiger partial charge < -0.3 is 20.4 Å². The molecule has 3 aromatic carbocycles. The van der Waals surface area contributed by atoms with Crippen LogP contribution in [0.1, 0.15) is 30.5 Å². The lowest BCUT2D eigenvalue weighted by atomic mass is 9.98. The minimum Gasteiger partial charge on any atom is -0.341 e. The van der Waals surface area contributed by atoms with Crippen LogP contribution in [0.25, 0.3) is 10.8 Å². The molecule has 1 aliphatic rings. The third-order valence-corrected chi connectivity index (χ3v) is 8.22. The number of nitrogens with one attached hydrogen (secondary N) is 2. The van der Waals surface area contributed by atoms with E-state index in [1.54, 1.807) is 33.0 Å². The van der Waals surface area contributed by atoms with Gasteiger partial charge in [0.2, 0.25) is 11.8 Å². The Morgan fingerprint density at radius 1 is 1.10 bits per heavy atom. The Morgan fingerprint density at radius 2 is 1.80 bits per heavy atom. The van der Waals surface area contributed by atoms with Crippen LogP contribution >= 0.6 is 0 Å². The Morgan fingerprint density at radius 3 is 2.46 bits per heavy atom. The second kappa shape index (κ2) is 11.7. The van der Waals surface area contributed by atoms with E-state index in [9.17, 15) is 28.1 Å². The van der Waals surface area contributed by atoms with E-state index < -0.39 is 51.4 Å². The Bertz CT molecular complexity index is 1680. The summed E-state index contributed by atoms with van der Waals surface area (Å²) in [5.41, 5.74) is 2.60. The molecule has 0 spiro atoms. The van der Waals surface area contributed by atoms with Crippen molar-refractivity contribution in [1.82, 2.24) is 10.6 Å². The van der Waals surface area contributed by atoms with Crippen LogP contribution in [0.5, 0.6) is 0 Å². The Labute approximate surface area is 239 Å². The summed E-state index contributed by atoms with van der Waals surface area (Å²) >= 11 is 0. The fourth-order valence-electron chi connectivity index (χ4n) is 5.10. The number of likely N-dealkylation sites (N-methyl/N-ethyl adjacent to an activating group) is 1. The maximum absolute atomic E-state index is 14.4. The molecule has 3 unspecified atom stereocenters. The second-order valence-corrected chi connectivity index (χ2v) is 12.5. The molecule has 11 heteroatoms. The highest BCUT2D eigenvalue weighted by Crippen LogP contribution is 2.38. The number of hydrogen-bond acceptors (Lipinski definition) is 7. The summed E-state index contributed by atoms with van der Waals surface area (Å²) in [7, 11) is -2.13. The molecule has 2 N–H and O–H groups in total. The van der Waals surface area contributed by atoms with Crippen molar-refractivity contribution in [2.24, 2.45) is 0 Å². The number of anilines is 2. The average molecular weight is 576 g/mol. The van der Waals surface area contributed by atoms with Crippen LogP contribution in [0, 0.1) is 18.3 Å². The summed E-state index contributed by atoms with van der Waals surface area (Å²) in [6, 6.07) is 15.6. The first kappa shape index (κ1) is 29.7. The number of benzene rings is 3. The van der Waals surface area contributed by atoms with Gasteiger partial charge in [0.1, 0.15) is 11.8 Å². The monoisotopic (exact) mass is 575 g/mol. The molecule has 0 aromatic heterocycles. The molecule has 0 saturated heterocycles. The number of carbonyl (C=O) groups excluding carboxylic acids is 3. The molecule has 0 aliphatic carbocycles. The minimum absolute atomic E-state index is 0.111. The van der Waals surface area contributed by atoms with Crippen LogP contribution in [-0.2, 0) is 30.8 Å². The summed E-state index contributed by atoms with van der Waals surface area (Å²) in [5.74, 6) is -2.51. The lowest BCUT2D eigenvalue weighted by Crippen LogP contribution is -2.60. The van der Waals surface area contributed by atoms with Gasteiger partial charge in [-0.1, -0.05) is 36.4 Å². The predicted octanol–water partition coefficient (Wildman–Crippen LogP) is 2.43. The Balaban J connectivity index is 1.95. The summed E-state index contributed by atoms with van der Waals surface area (Å²) in [6.07, 6.45) is 0.953. The summed E-state index contributed by atoms with van der Waals surface area (Å²) in [6.45, 7) is 5.28. The smallest absolute Gasteiger partial charge is 0.252 e. The third kappa shape index (κ3) is 6.09. The molecule has 1 aliphatic heterocycles. The van der Waals surface area contributed by atoms with E-state index in [4.69, 9.17) is 0 Å². The second-order valence-electron chi connectivity index (χ2n) is 10.4. The average Bonchev–Trinajstić information content (AvgIpc) is 3.01. The lowest BCUT2D eigenvalue weighted by molar-refractivity contribution is -0.129. The van der Waals surface area contributed by atoms with Gasteiger partial charge in [-0.25, -0.2) is 8.42 Å². The first-order valence-electron chi connectivity index (χ1n) is 13.2. The molecule has 10 nitrogen and oxygen atoms in total. The van der Waals surface area contributed by atoms with Gasteiger partial charge in [0, 0.05) is 6.26 Å². The molecule has 0 fully saturated rings. The zero-order valence-electron chi connectivity index (χ0n) is 23.6. The van der Waals surface area contributed by atoms with E-state index >= 15 is 0 Å². The number of carbonyl (C=O) groups is 3. The number of nitriles is 1. The van der Waals surface area contributed by atoms with Gasteiger partial charge in [-0.2, -0.15) is 5.26 Å². The fourth-order valence-corrected chi connectivity index (χ4v) is 5.69. The van der Waals surface area contributed by atoms with Crippen LogP contribution in [0.15, 0.2) is 54.6 Å². The number of rotatable bonds is 7. The van der Waals surface area contributed by atoms with E-state index in [1.807, 2.05) is 43.3 Å². The summed E-state index contributed by atoms with van der Waals surface area (Å²) < 4.78 is 24.4. The van der Waals surface area contributed by atoms with E-state index in [0.717, 1.165) is 28.2 Å². The first-order chi connectivity index (χ1) is 19.4. The van der Waals surface area contributed by atoms with Crippen molar-refractivity contribution in [3.05, 3.63) is 71.3 Å². The maximum Gasteiger partial charge on any atom is 0.252 e. The van der Waals surface area contributed by atoms with Crippen molar-refractivity contribution < 1.29 is 22.8 Å². The quantitative estimate of drug-likeness (QED) is 0.441. The van der Waals surface area contributed by atoms with Gasteiger partial charge in [0.15, 0.2) is 9.84 Å². The first-order valence-corrected chi connectivity index (χ1v) is 15.2. The van der Waals surface area contributed by atoms with Gasteiger partial charge in [-0.3, -0.25) is 14.4 Å². The minimum atomic E-state index is -3.74. The number of fused-ring (bicyclic) bond motifs is 2. The summed E-state index contributed by atoms with van der Waals surface area (Å²) in [5, 5.41) is 17.2. The van der Waals surface area contributed by atoms with Gasteiger partial charge in [-0.05, 0) is 67.9 Å². The van der Waals surface area contributed by atoms with E-state index in [0.29, 0.717) is 5.69 Å². The molecule has 0 saturated carbocycles. The van der Waals surface area contributed by atoms with Crippen molar-refractivity contribution in [3.8, 4) is 6.07 Å². The zero-order valence-corrected chi connectivity index (χ0v) is 24.5. The molecule has 0 radical (unpaired) electrons. The topological polar surface area (TPSA) is 140 Å². The van der Waals surface area contributed by atoms with E-state index in [-0.39, 0.29) is 17.8 Å². The molecule has 3 atom stereocenters. The fraction of sp³-hybridized carbons (Fsp3) is 0.333. The molecule has 4 rings (SSSR count). The molecule has 0 bridgehead atoms. The predicted molar refractivity (Wildman–Crippen MR) is 158 cm³/mol. The highest BCUT2D eigenvalue weighted by Gasteiger charge is 2.43. The van der Waals surface area contributed by atoms with Crippen LogP contribution in [0.2, 0.25) is 0 Å². The number of amides is 3. The molecule has 3 amide bonds. The van der Waals surface area contributed by atoms with Gasteiger partial charge in [0.25, 0.3) is 5.91 Å². The van der Waals surface area contributed by atoms with Crippen molar-refractivity contribution in [2.45, 2.75) is 45.4 Å². The van der Waals surface area contributed by atoms with Crippen molar-refractivity contribution in [1.29, 1.82) is 5.26 Å². The number of nitrogens with zero attached hydrogens (tertiary/aromatic N) is 3. The number of sulfone groups is 1. The lowest BCUT2D eigenvalue weighted by Gasteiger charge is -2.32. The van der Waals surface area contributed by atoms with E-state index in [2.05, 4.69) is 16.7 Å². The van der Waals surface area contributed by atoms with Gasteiger partial charge >= 0.3 is 0 Å². The highest BCUT2D eigenvalue weighted by molar-refractivity contribution is 7.91. The largest absolute Gasteiger partial charge is 0.341 e. The normalized spacial score (nSPS) is 17.9. The number of aryl methyl sites for hydroxylation is 1. The SMILES string of the molecule is CNC(C)C(=O)NC1C(=O)N(Cc2c(C)ccc3ccccc23)c2ccc(C#N)cc2N(C(=O)CS(C)(=O)=O)C1C. The van der Waals surface area contributed by atoms with Gasteiger partial charge in [0.05, 0.1) is 41.6 Å². The van der Waals surface area contributed by atoms with Crippen molar-refractivity contribution in [2.75, 3.05) is 28.9 Å². The third-order valence-electron chi connectivity index (χ3n) is 7.45. The van der Waals surface area contributed by atoms with E-state index in [1.165, 1.54) is 15.9 Å². The van der Waals surface area contributed by atoms with Crippen LogP contribution < -0.4 is 20.4 Å².